The number of aromatic nitrogens is 4. The van der Waals surface area contributed by atoms with Crippen LogP contribution in [0.1, 0.15) is 0 Å². The van der Waals surface area contributed by atoms with Gasteiger partial charge in [-0.2, -0.15) is 0 Å². The van der Waals surface area contributed by atoms with Crippen LogP contribution in [0.15, 0.2) is 158 Å². The Morgan fingerprint density at radius 1 is 0.383 bits per heavy atom. The Morgan fingerprint density at radius 2 is 0.936 bits per heavy atom. The Morgan fingerprint density at radius 3 is 1.64 bits per heavy atom. The second-order valence-electron chi connectivity index (χ2n) is 11.5. The zero-order valence-electron chi connectivity index (χ0n) is 25.2. The van der Waals surface area contributed by atoms with E-state index in [2.05, 4.69) is 121 Å². The van der Waals surface area contributed by atoms with Crippen LogP contribution in [0.2, 0.25) is 0 Å². The van der Waals surface area contributed by atoms with E-state index in [1.807, 2.05) is 36.4 Å². The van der Waals surface area contributed by atoms with Crippen molar-refractivity contribution in [3.63, 3.8) is 0 Å². The summed E-state index contributed by atoms with van der Waals surface area (Å²) in [6.07, 6.45) is 0. The minimum absolute atomic E-state index is 0.102. The summed E-state index contributed by atoms with van der Waals surface area (Å²) in [5.41, 5.74) is 7.38. The molecule has 2 aromatic heterocycles. The Bertz CT molecular complexity index is 2500. The van der Waals surface area contributed by atoms with Gasteiger partial charge >= 0.3 is 267 Å². The van der Waals surface area contributed by atoms with E-state index in [1.165, 1.54) is 25.2 Å². The van der Waals surface area contributed by atoms with Crippen molar-refractivity contribution in [3.8, 4) is 55.4 Å². The standard InChI is InChI=1S/C42H26N4Se/c1-4-13-29(14-5-1)39-44-40(30-15-6-2-7-16-30)46-41(45-39)37-33-19-11-10-12-27(33)22-24-34(37)32-21-20-28-23-25-36-38(35(28)26-32)47-42(43-36)31-17-8-3-9-18-31/h1-26H. The van der Waals surface area contributed by atoms with Crippen molar-refractivity contribution >= 4 is 45.8 Å². The van der Waals surface area contributed by atoms with Crippen molar-refractivity contribution in [2.75, 3.05) is 0 Å². The molecule has 0 saturated heterocycles. The molecular weight excluding hydrogens is 639 g/mol. The molecule has 0 N–H and O–H groups in total. The average molecular weight is 666 g/mol. The van der Waals surface area contributed by atoms with Gasteiger partial charge in [0.15, 0.2) is 0 Å². The van der Waals surface area contributed by atoms with Gasteiger partial charge in [0, 0.05) is 0 Å². The van der Waals surface area contributed by atoms with Crippen molar-refractivity contribution in [2.45, 2.75) is 0 Å². The van der Waals surface area contributed by atoms with Gasteiger partial charge < -0.3 is 0 Å². The zero-order chi connectivity index (χ0) is 31.2. The van der Waals surface area contributed by atoms with Crippen LogP contribution in [0, 0.1) is 0 Å². The molecule has 0 bridgehead atoms. The maximum absolute atomic E-state index is 5.16. The number of nitrogens with zero attached hydrogens (tertiary/aromatic N) is 4. The van der Waals surface area contributed by atoms with Crippen LogP contribution in [0.4, 0.5) is 0 Å². The van der Waals surface area contributed by atoms with Gasteiger partial charge in [-0.1, -0.05) is 12.1 Å². The van der Waals surface area contributed by atoms with Gasteiger partial charge in [-0.25, -0.2) is 0 Å². The van der Waals surface area contributed by atoms with Gasteiger partial charge in [-0.3, -0.25) is 0 Å². The Labute approximate surface area is 277 Å². The van der Waals surface area contributed by atoms with Crippen LogP contribution in [-0.2, 0) is 0 Å². The van der Waals surface area contributed by atoms with Crippen LogP contribution in [0.5, 0.6) is 0 Å². The number of hydrogen-bond acceptors (Lipinski definition) is 4. The Kier molecular flexibility index (Phi) is 6.78. The van der Waals surface area contributed by atoms with E-state index in [-0.39, 0.29) is 14.5 Å². The van der Waals surface area contributed by atoms with Crippen LogP contribution in [-0.4, -0.2) is 34.4 Å². The van der Waals surface area contributed by atoms with E-state index >= 15 is 0 Å². The molecule has 220 valence electrons. The molecule has 0 saturated carbocycles. The molecular formula is C42H26N4Se. The second kappa shape index (κ2) is 11.6. The molecule has 0 unspecified atom stereocenters. The number of hydrogen-bond donors (Lipinski definition) is 0. The maximum atomic E-state index is 5.16. The van der Waals surface area contributed by atoms with Crippen molar-refractivity contribution < 1.29 is 0 Å². The quantitative estimate of drug-likeness (QED) is 0.172. The number of rotatable bonds is 5. The molecule has 0 fully saturated rings. The summed E-state index contributed by atoms with van der Waals surface area (Å²) in [5, 5.41) is 4.71. The first-order valence-electron chi connectivity index (χ1n) is 15.6. The summed E-state index contributed by atoms with van der Waals surface area (Å²) in [4.78, 5) is 20.4. The van der Waals surface area contributed by atoms with Gasteiger partial charge in [-0.05, 0) is 0 Å². The summed E-state index contributed by atoms with van der Waals surface area (Å²) in [5.74, 6) is 1.96. The predicted octanol–water partition coefficient (Wildman–Crippen LogP) is 10.1. The van der Waals surface area contributed by atoms with Gasteiger partial charge in [0.1, 0.15) is 0 Å². The molecule has 7 aromatic carbocycles. The third-order valence-electron chi connectivity index (χ3n) is 8.56. The third kappa shape index (κ3) is 5.03. The molecule has 9 aromatic rings. The Hall–Kier alpha value is -5.74. The van der Waals surface area contributed by atoms with Gasteiger partial charge in [0.05, 0.1) is 0 Å². The first-order valence-corrected chi connectivity index (χ1v) is 17.3. The van der Waals surface area contributed by atoms with Crippen molar-refractivity contribution in [3.05, 3.63) is 158 Å². The molecule has 0 radical (unpaired) electrons. The molecule has 0 spiro atoms. The van der Waals surface area contributed by atoms with E-state index in [4.69, 9.17) is 19.9 Å². The summed E-state index contributed by atoms with van der Waals surface area (Å²) in [6, 6.07) is 54.9. The van der Waals surface area contributed by atoms with Crippen molar-refractivity contribution in [2.24, 2.45) is 0 Å². The molecule has 0 atom stereocenters. The van der Waals surface area contributed by atoms with E-state index in [0.29, 0.717) is 17.5 Å². The third-order valence-corrected chi connectivity index (χ3v) is 11.0. The van der Waals surface area contributed by atoms with E-state index in [1.54, 1.807) is 0 Å². The molecule has 2 heterocycles. The van der Waals surface area contributed by atoms with Gasteiger partial charge in [0.2, 0.25) is 0 Å². The van der Waals surface area contributed by atoms with Crippen molar-refractivity contribution in [1.29, 1.82) is 0 Å². The summed E-state index contributed by atoms with van der Waals surface area (Å²) < 4.78 is 2.50. The first kappa shape index (κ1) is 27.6. The normalized spacial score (nSPS) is 11.4. The SMILES string of the molecule is c1ccc(-c2nc(-c3ccccc3)nc(-c3c(-c4ccc5ccc6nc(-c7ccccc7)[se]c6c5c4)ccc4ccccc34)n2)cc1. The fraction of sp³-hybridized carbons (Fsp3) is 0. The Balaban J connectivity index is 1.30. The number of fused-ring (bicyclic) bond motifs is 4. The summed E-state index contributed by atoms with van der Waals surface area (Å²) in [7, 11) is 0. The zero-order valence-corrected chi connectivity index (χ0v) is 26.9. The first-order chi connectivity index (χ1) is 23.3. The number of benzene rings is 7. The van der Waals surface area contributed by atoms with E-state index in [0.717, 1.165) is 44.1 Å². The van der Waals surface area contributed by atoms with Crippen LogP contribution < -0.4 is 0 Å². The topological polar surface area (TPSA) is 51.6 Å². The van der Waals surface area contributed by atoms with Gasteiger partial charge in [0.25, 0.3) is 0 Å². The summed E-state index contributed by atoms with van der Waals surface area (Å²) >= 11 is 0.102. The monoisotopic (exact) mass is 666 g/mol. The molecule has 0 amide bonds. The van der Waals surface area contributed by atoms with E-state index in [9.17, 15) is 0 Å². The van der Waals surface area contributed by atoms with E-state index < -0.39 is 0 Å². The average Bonchev–Trinajstić information content (AvgIpc) is 3.60. The molecule has 0 aliphatic rings. The van der Waals surface area contributed by atoms with Gasteiger partial charge in [-0.15, -0.1) is 0 Å². The molecule has 0 aliphatic heterocycles. The molecule has 0 aliphatic carbocycles. The van der Waals surface area contributed by atoms with Crippen LogP contribution >= 0.6 is 0 Å². The fourth-order valence-corrected chi connectivity index (χ4v) is 8.55. The molecule has 5 heteroatoms. The molecule has 47 heavy (non-hydrogen) atoms. The van der Waals surface area contributed by atoms with Crippen molar-refractivity contribution in [1.82, 2.24) is 19.9 Å². The van der Waals surface area contributed by atoms with Crippen LogP contribution in [0.3, 0.4) is 0 Å². The predicted molar refractivity (Wildman–Crippen MR) is 194 cm³/mol. The minimum atomic E-state index is 0.102. The van der Waals surface area contributed by atoms with Crippen LogP contribution in [0.25, 0.3) is 86.7 Å². The molecule has 9 rings (SSSR count). The second-order valence-corrected chi connectivity index (χ2v) is 13.6. The summed E-state index contributed by atoms with van der Waals surface area (Å²) in [6.45, 7) is 0. The molecule has 4 nitrogen and oxygen atoms in total. The fourth-order valence-electron chi connectivity index (χ4n) is 6.25.